The van der Waals surface area contributed by atoms with Gasteiger partial charge in [0.2, 0.25) is 0 Å². The molecule has 0 saturated carbocycles. The fourth-order valence-electron chi connectivity index (χ4n) is 8.41. The van der Waals surface area contributed by atoms with Gasteiger partial charge in [-0.3, -0.25) is 0 Å². The molecule has 2 saturated heterocycles. The average molecular weight is 1060 g/mol. The molecule has 1 N–H and O–H groups in total. The number of ether oxygens (including phenoxy) is 9. The highest BCUT2D eigenvalue weighted by Crippen LogP contribution is 2.38. The van der Waals surface area contributed by atoms with Crippen molar-refractivity contribution in [2.75, 3.05) is 13.2 Å². The van der Waals surface area contributed by atoms with Gasteiger partial charge in [0, 0.05) is 4.90 Å². The van der Waals surface area contributed by atoms with Gasteiger partial charge in [-0.1, -0.05) is 139 Å². The first kappa shape index (κ1) is 53.4. The van der Waals surface area contributed by atoms with E-state index in [4.69, 9.17) is 42.6 Å². The highest BCUT2D eigenvalue weighted by Gasteiger charge is 2.55. The summed E-state index contributed by atoms with van der Waals surface area (Å²) in [6.45, 7) is -1.28. The second-order valence-electron chi connectivity index (χ2n) is 17.5. The number of carbonyl (C=O) groups is 6. The summed E-state index contributed by atoms with van der Waals surface area (Å²) in [6.07, 6.45) is -14.9. The number of carbonyl (C=O) groups excluding carboxylic acids is 6. The zero-order valence-corrected chi connectivity index (χ0v) is 41.7. The molecule has 0 bridgehead atoms. The van der Waals surface area contributed by atoms with Gasteiger partial charge in [-0.25, -0.2) is 28.8 Å². The molecule has 17 heteroatoms. The molecule has 77 heavy (non-hydrogen) atoms. The van der Waals surface area contributed by atoms with Crippen molar-refractivity contribution >= 4 is 47.6 Å². The Morgan fingerprint density at radius 2 is 0.688 bits per heavy atom. The Bertz CT molecular complexity index is 3070. The summed E-state index contributed by atoms with van der Waals surface area (Å²) < 4.78 is 56.4. The fraction of sp³-hybridized carbons (Fsp3) is 0.200. The van der Waals surface area contributed by atoms with Gasteiger partial charge >= 0.3 is 35.8 Å². The number of rotatable bonds is 18. The maximum Gasteiger partial charge on any atom is 0.338 e. The Morgan fingerprint density at radius 1 is 0.364 bits per heavy atom. The number of aliphatic hydroxyl groups excluding tert-OH is 1. The van der Waals surface area contributed by atoms with E-state index in [0.29, 0.717) is 4.90 Å². The summed E-state index contributed by atoms with van der Waals surface area (Å²) in [5.74, 6) is -5.21. The average Bonchev–Trinajstić information content (AvgIpc) is 3.52. The monoisotopic (exact) mass is 1060 g/mol. The number of thioether (sulfide) groups is 1. The smallest absolute Gasteiger partial charge is 0.338 e. The quantitative estimate of drug-likeness (QED) is 0.0631. The van der Waals surface area contributed by atoms with Crippen LogP contribution in [0.15, 0.2) is 217 Å². The second kappa shape index (κ2) is 25.9. The number of hydrogen-bond acceptors (Lipinski definition) is 17. The Hall–Kier alpha value is -8.45. The van der Waals surface area contributed by atoms with Crippen LogP contribution in [0.25, 0.3) is 0 Å². The molecule has 0 aromatic heterocycles. The normalized spacial score (nSPS) is 22.8. The maximum absolute atomic E-state index is 14.3. The van der Waals surface area contributed by atoms with Crippen LogP contribution in [-0.2, 0) is 42.6 Å². The number of esters is 6. The molecule has 0 amide bonds. The van der Waals surface area contributed by atoms with Gasteiger partial charge in [-0.05, 0) is 84.9 Å². The van der Waals surface area contributed by atoms with Gasteiger partial charge in [0.15, 0.2) is 36.8 Å². The highest BCUT2D eigenvalue weighted by molar-refractivity contribution is 7.99. The Kier molecular flexibility index (Phi) is 17.9. The van der Waals surface area contributed by atoms with Crippen LogP contribution < -0.4 is 0 Å². The van der Waals surface area contributed by atoms with E-state index >= 15 is 0 Å². The minimum absolute atomic E-state index is 0.0691. The Morgan fingerprint density at radius 3 is 1.10 bits per heavy atom. The van der Waals surface area contributed by atoms with Gasteiger partial charge in [0.05, 0.1) is 40.0 Å². The minimum atomic E-state index is -1.80. The van der Waals surface area contributed by atoms with E-state index in [1.165, 1.54) is 60.7 Å². The lowest BCUT2D eigenvalue weighted by molar-refractivity contribution is -0.309. The van der Waals surface area contributed by atoms with Crippen LogP contribution in [0.5, 0.6) is 0 Å². The molecule has 2 aliphatic rings. The molecular weight excluding hydrogens is 1010 g/mol. The number of aliphatic hydroxyl groups is 1. The third-order valence-electron chi connectivity index (χ3n) is 12.3. The second-order valence-corrected chi connectivity index (χ2v) is 18.7. The predicted molar refractivity (Wildman–Crippen MR) is 277 cm³/mol. The summed E-state index contributed by atoms with van der Waals surface area (Å²) in [7, 11) is 0. The molecule has 0 aliphatic carbocycles. The summed E-state index contributed by atoms with van der Waals surface area (Å²) in [5, 5.41) is 12.4. The highest BCUT2D eigenvalue weighted by atomic mass is 32.2. The first-order valence-corrected chi connectivity index (χ1v) is 25.3. The largest absolute Gasteiger partial charge is 0.459 e. The molecule has 7 aromatic carbocycles. The van der Waals surface area contributed by atoms with Crippen molar-refractivity contribution in [2.45, 2.75) is 65.5 Å². The predicted octanol–water partition coefficient (Wildman–Crippen LogP) is 8.59. The van der Waals surface area contributed by atoms with Crippen LogP contribution >= 0.6 is 11.8 Å². The zero-order valence-electron chi connectivity index (χ0n) is 40.9. The van der Waals surface area contributed by atoms with Crippen molar-refractivity contribution in [3.05, 3.63) is 246 Å². The molecule has 2 aliphatic heterocycles. The van der Waals surface area contributed by atoms with Crippen LogP contribution in [0.2, 0.25) is 0 Å². The van der Waals surface area contributed by atoms with Crippen LogP contribution in [0.1, 0.15) is 62.1 Å². The molecule has 0 unspecified atom stereocenters. The summed E-state index contributed by atoms with van der Waals surface area (Å²) in [4.78, 5) is 84.5. The lowest BCUT2D eigenvalue weighted by atomic mass is 9.97. The Labute approximate surface area is 446 Å². The van der Waals surface area contributed by atoms with E-state index < -0.39 is 110 Å². The lowest BCUT2D eigenvalue weighted by Crippen LogP contribution is -2.64. The van der Waals surface area contributed by atoms with Gasteiger partial charge in [0.1, 0.15) is 30.4 Å². The standard InChI is InChI=1S/C60H50O16S/c61-47-48(72-54(63)39-24-10-2-11-25-39)45(71-60(77-44-34-20-7-21-35-44)50(47)74-56(65)41-28-14-4-15-29-41)37-69-59-52(76-58(67)43-32-18-6-19-33-43)51(75-57(66)42-30-16-5-17-31-42)49(73-55(64)40-26-12-3-13-27-40)46(70-59)36-68-53(62)38-22-8-1-9-23-38/h1-35,45-52,59-61H,36-37H2/t45-,46-,47+,48+,49+,50-,51+,52-,59-,60+/m1/s1. The van der Waals surface area contributed by atoms with Crippen molar-refractivity contribution < 1.29 is 76.5 Å². The van der Waals surface area contributed by atoms with E-state index in [-0.39, 0.29) is 33.4 Å². The molecule has 0 spiro atoms. The van der Waals surface area contributed by atoms with Gasteiger partial charge in [0.25, 0.3) is 0 Å². The summed E-state index contributed by atoms with van der Waals surface area (Å²) in [5.41, 5.74) is -0.482. The lowest BCUT2D eigenvalue weighted by Gasteiger charge is -2.46. The third-order valence-corrected chi connectivity index (χ3v) is 13.4. The van der Waals surface area contributed by atoms with E-state index in [2.05, 4.69) is 0 Å². The molecule has 16 nitrogen and oxygen atoms in total. The van der Waals surface area contributed by atoms with Crippen molar-refractivity contribution in [1.82, 2.24) is 0 Å². The summed E-state index contributed by atoms with van der Waals surface area (Å²) >= 11 is 1.11. The summed E-state index contributed by atoms with van der Waals surface area (Å²) in [6, 6.07) is 56.7. The molecule has 7 aromatic rings. The van der Waals surface area contributed by atoms with Crippen molar-refractivity contribution in [1.29, 1.82) is 0 Å². The van der Waals surface area contributed by atoms with E-state index in [9.17, 15) is 33.9 Å². The first-order valence-electron chi connectivity index (χ1n) is 24.4. The van der Waals surface area contributed by atoms with Crippen LogP contribution in [0.3, 0.4) is 0 Å². The maximum atomic E-state index is 14.3. The van der Waals surface area contributed by atoms with Gasteiger partial charge in [-0.2, -0.15) is 0 Å². The molecule has 2 heterocycles. The van der Waals surface area contributed by atoms with E-state index in [1.54, 1.807) is 146 Å². The van der Waals surface area contributed by atoms with E-state index in [1.807, 2.05) is 6.07 Å². The number of hydrogen-bond donors (Lipinski definition) is 1. The Balaban J connectivity index is 1.11. The minimum Gasteiger partial charge on any atom is -0.459 e. The van der Waals surface area contributed by atoms with Crippen LogP contribution in [-0.4, -0.2) is 115 Å². The molecule has 0 radical (unpaired) electrons. The molecule has 10 atom stereocenters. The SMILES string of the molecule is O=C(OC[C@H]1O[C@@H](OC[C@H]2O[C@@H](Sc3ccccc3)[C@H](OC(=O)c3ccccc3)[C@@H](O)[C@H]2OC(=O)c2ccccc2)[C@H](OC(=O)c2ccccc2)[C@@H](OC(=O)c2ccccc2)[C@H]1OC(=O)c1ccccc1)c1ccccc1. The fourth-order valence-corrected chi connectivity index (χ4v) is 9.54. The zero-order chi connectivity index (χ0) is 53.5. The van der Waals surface area contributed by atoms with Crippen LogP contribution in [0.4, 0.5) is 0 Å². The van der Waals surface area contributed by atoms with Gasteiger partial charge < -0.3 is 47.7 Å². The van der Waals surface area contributed by atoms with Gasteiger partial charge in [-0.15, -0.1) is 0 Å². The first-order chi connectivity index (χ1) is 37.6. The molecule has 2 fully saturated rings. The van der Waals surface area contributed by atoms with Crippen molar-refractivity contribution in [3.8, 4) is 0 Å². The van der Waals surface area contributed by atoms with Crippen LogP contribution in [0, 0.1) is 0 Å². The molecule has 392 valence electrons. The van der Waals surface area contributed by atoms with E-state index in [0.717, 1.165) is 11.8 Å². The van der Waals surface area contributed by atoms with Crippen molar-refractivity contribution in [3.63, 3.8) is 0 Å². The molecular formula is C60H50O16S. The third kappa shape index (κ3) is 13.7. The number of benzene rings is 7. The molecule has 9 rings (SSSR count). The topological polar surface area (TPSA) is 206 Å². The van der Waals surface area contributed by atoms with Crippen molar-refractivity contribution in [2.24, 2.45) is 0 Å².